The summed E-state index contributed by atoms with van der Waals surface area (Å²) < 4.78 is 1.82. The molecule has 0 bridgehead atoms. The highest BCUT2D eigenvalue weighted by Crippen LogP contribution is 2.11. The SMILES string of the molecule is O=C(CCCN1C(=O)CNC1=O)Nc1ccc(Cn2cccn2)cc1. The Kier molecular flexibility index (Phi) is 5.08. The molecule has 0 unspecified atom stereocenters. The maximum Gasteiger partial charge on any atom is 0.324 e. The predicted molar refractivity (Wildman–Crippen MR) is 90.7 cm³/mol. The second-order valence-corrected chi connectivity index (χ2v) is 5.76. The van der Waals surface area contributed by atoms with Crippen molar-refractivity contribution in [1.29, 1.82) is 0 Å². The van der Waals surface area contributed by atoms with Gasteiger partial charge >= 0.3 is 6.03 Å². The van der Waals surface area contributed by atoms with Crippen LogP contribution < -0.4 is 10.6 Å². The van der Waals surface area contributed by atoms with Crippen LogP contribution >= 0.6 is 0 Å². The number of hydrogen-bond donors (Lipinski definition) is 2. The maximum absolute atomic E-state index is 12.0. The molecule has 2 aromatic rings. The van der Waals surface area contributed by atoms with Gasteiger partial charge in [-0.3, -0.25) is 19.2 Å². The van der Waals surface area contributed by atoms with Crippen molar-refractivity contribution in [3.8, 4) is 0 Å². The summed E-state index contributed by atoms with van der Waals surface area (Å²) in [6.07, 6.45) is 4.30. The van der Waals surface area contributed by atoms with Crippen molar-refractivity contribution in [2.45, 2.75) is 19.4 Å². The maximum atomic E-state index is 12.0. The van der Waals surface area contributed by atoms with Gasteiger partial charge in [0.25, 0.3) is 0 Å². The standard InChI is InChI=1S/C17H19N5O3/c23-15(3-1-10-22-16(24)11-18-17(22)25)20-14-6-4-13(5-7-14)12-21-9-2-8-19-21/h2,4-9H,1,3,10-12H2,(H,18,25)(H,20,23). The summed E-state index contributed by atoms with van der Waals surface area (Å²) in [5.41, 5.74) is 1.80. The molecule has 2 heterocycles. The quantitative estimate of drug-likeness (QED) is 0.740. The highest BCUT2D eigenvalue weighted by molar-refractivity contribution is 6.02. The van der Waals surface area contributed by atoms with Crippen LogP contribution in [0.5, 0.6) is 0 Å². The number of carbonyl (C=O) groups excluding carboxylic acids is 3. The molecule has 1 fully saturated rings. The van der Waals surface area contributed by atoms with Gasteiger partial charge in [-0.2, -0.15) is 5.10 Å². The Balaban J connectivity index is 1.43. The Morgan fingerprint density at radius 3 is 2.68 bits per heavy atom. The molecule has 1 saturated heterocycles. The van der Waals surface area contributed by atoms with E-state index in [-0.39, 0.29) is 31.3 Å². The fourth-order valence-corrected chi connectivity index (χ4v) is 2.58. The van der Waals surface area contributed by atoms with Gasteiger partial charge in [0.15, 0.2) is 0 Å². The van der Waals surface area contributed by atoms with E-state index in [0.29, 0.717) is 18.7 Å². The van der Waals surface area contributed by atoms with E-state index < -0.39 is 6.03 Å². The van der Waals surface area contributed by atoms with Crippen LogP contribution in [0.2, 0.25) is 0 Å². The molecule has 0 spiro atoms. The summed E-state index contributed by atoms with van der Waals surface area (Å²) in [6.45, 7) is 0.962. The number of anilines is 1. The molecule has 0 radical (unpaired) electrons. The van der Waals surface area contributed by atoms with Gasteiger partial charge in [0, 0.05) is 31.0 Å². The normalized spacial score (nSPS) is 13.8. The average molecular weight is 341 g/mol. The molecule has 1 aromatic carbocycles. The number of aromatic nitrogens is 2. The molecule has 1 aromatic heterocycles. The molecule has 8 heteroatoms. The van der Waals surface area contributed by atoms with E-state index in [1.807, 2.05) is 41.2 Å². The van der Waals surface area contributed by atoms with Gasteiger partial charge in [-0.05, 0) is 30.2 Å². The van der Waals surface area contributed by atoms with E-state index in [0.717, 1.165) is 10.5 Å². The lowest BCUT2D eigenvalue weighted by Gasteiger charge is -2.12. The van der Waals surface area contributed by atoms with Crippen LogP contribution in [0.15, 0.2) is 42.7 Å². The van der Waals surface area contributed by atoms with E-state index in [4.69, 9.17) is 0 Å². The second-order valence-electron chi connectivity index (χ2n) is 5.76. The zero-order chi connectivity index (χ0) is 17.6. The molecule has 0 aliphatic carbocycles. The van der Waals surface area contributed by atoms with Gasteiger partial charge in [0.05, 0.1) is 13.1 Å². The van der Waals surface area contributed by atoms with Crippen molar-refractivity contribution in [2.75, 3.05) is 18.4 Å². The van der Waals surface area contributed by atoms with Crippen LogP contribution in [0.3, 0.4) is 0 Å². The first-order valence-electron chi connectivity index (χ1n) is 8.06. The number of carbonyl (C=O) groups is 3. The summed E-state index contributed by atoms with van der Waals surface area (Å²) >= 11 is 0. The highest BCUT2D eigenvalue weighted by atomic mass is 16.2. The van der Waals surface area contributed by atoms with Crippen molar-refractivity contribution in [3.05, 3.63) is 48.3 Å². The lowest BCUT2D eigenvalue weighted by Crippen LogP contribution is -2.32. The first kappa shape index (κ1) is 16.7. The van der Waals surface area contributed by atoms with E-state index >= 15 is 0 Å². The van der Waals surface area contributed by atoms with Crippen molar-refractivity contribution in [3.63, 3.8) is 0 Å². The molecule has 0 saturated carbocycles. The number of nitrogens with one attached hydrogen (secondary N) is 2. The van der Waals surface area contributed by atoms with Gasteiger partial charge in [-0.15, -0.1) is 0 Å². The lowest BCUT2D eigenvalue weighted by atomic mass is 10.2. The van der Waals surface area contributed by atoms with Crippen molar-refractivity contribution in [2.24, 2.45) is 0 Å². The summed E-state index contributed by atoms with van der Waals surface area (Å²) in [4.78, 5) is 35.9. The van der Waals surface area contributed by atoms with Gasteiger partial charge in [-0.1, -0.05) is 12.1 Å². The summed E-state index contributed by atoms with van der Waals surface area (Å²) in [6, 6.07) is 9.03. The van der Waals surface area contributed by atoms with Crippen LogP contribution in [-0.4, -0.2) is 45.6 Å². The molecule has 1 aliphatic heterocycles. The second kappa shape index (κ2) is 7.61. The summed E-state index contributed by atoms with van der Waals surface area (Å²) in [5, 5.41) is 9.41. The number of urea groups is 1. The summed E-state index contributed by atoms with van der Waals surface area (Å²) in [7, 11) is 0. The minimum absolute atomic E-state index is 0.0376. The van der Waals surface area contributed by atoms with Gasteiger partial charge < -0.3 is 10.6 Å². The molecule has 25 heavy (non-hydrogen) atoms. The van der Waals surface area contributed by atoms with Crippen LogP contribution in [0.4, 0.5) is 10.5 Å². The molecule has 0 atom stereocenters. The smallest absolute Gasteiger partial charge is 0.324 e. The van der Waals surface area contributed by atoms with Crippen molar-refractivity contribution < 1.29 is 14.4 Å². The largest absolute Gasteiger partial charge is 0.329 e. The molecule has 8 nitrogen and oxygen atoms in total. The number of hydrogen-bond acceptors (Lipinski definition) is 4. The van der Waals surface area contributed by atoms with E-state index in [1.54, 1.807) is 6.20 Å². The van der Waals surface area contributed by atoms with Gasteiger partial charge in [-0.25, -0.2) is 4.79 Å². The molecule has 2 N–H and O–H groups in total. The molecule has 130 valence electrons. The highest BCUT2D eigenvalue weighted by Gasteiger charge is 2.27. The van der Waals surface area contributed by atoms with Crippen molar-refractivity contribution in [1.82, 2.24) is 20.0 Å². The van der Waals surface area contributed by atoms with E-state index in [2.05, 4.69) is 15.7 Å². The molecule has 1 aliphatic rings. The zero-order valence-corrected chi connectivity index (χ0v) is 13.6. The monoisotopic (exact) mass is 341 g/mol. The first-order valence-corrected chi connectivity index (χ1v) is 8.06. The van der Waals surface area contributed by atoms with Crippen LogP contribution in [-0.2, 0) is 16.1 Å². The lowest BCUT2D eigenvalue weighted by molar-refractivity contribution is -0.125. The van der Waals surface area contributed by atoms with Crippen LogP contribution in [0.25, 0.3) is 0 Å². The van der Waals surface area contributed by atoms with Crippen LogP contribution in [0.1, 0.15) is 18.4 Å². The number of imide groups is 1. The Morgan fingerprint density at radius 2 is 2.04 bits per heavy atom. The number of rotatable bonds is 7. The third-order valence-electron chi connectivity index (χ3n) is 3.86. The third kappa shape index (κ3) is 4.43. The minimum Gasteiger partial charge on any atom is -0.329 e. The molecule has 3 rings (SSSR count). The number of benzene rings is 1. The van der Waals surface area contributed by atoms with E-state index in [9.17, 15) is 14.4 Å². The fourth-order valence-electron chi connectivity index (χ4n) is 2.58. The van der Waals surface area contributed by atoms with E-state index in [1.165, 1.54) is 0 Å². The molecular weight excluding hydrogens is 322 g/mol. The molecular formula is C17H19N5O3. The van der Waals surface area contributed by atoms with Gasteiger partial charge in [0.1, 0.15) is 0 Å². The third-order valence-corrected chi connectivity index (χ3v) is 3.86. The predicted octanol–water partition coefficient (Wildman–Crippen LogP) is 1.20. The number of amides is 4. The fraction of sp³-hybridized carbons (Fsp3) is 0.294. The topological polar surface area (TPSA) is 96.3 Å². The van der Waals surface area contributed by atoms with Crippen molar-refractivity contribution >= 4 is 23.5 Å². The van der Waals surface area contributed by atoms with Gasteiger partial charge in [0.2, 0.25) is 11.8 Å². The Hall–Kier alpha value is -3.16. The number of nitrogens with zero attached hydrogens (tertiary/aromatic N) is 3. The zero-order valence-electron chi connectivity index (χ0n) is 13.6. The molecule has 4 amide bonds. The van der Waals surface area contributed by atoms with Crippen LogP contribution in [0, 0.1) is 0 Å². The Labute approximate surface area is 144 Å². The Morgan fingerprint density at radius 1 is 1.24 bits per heavy atom. The summed E-state index contributed by atoms with van der Waals surface area (Å²) in [5.74, 6) is -0.398. The minimum atomic E-state index is -0.391. The average Bonchev–Trinajstić information content (AvgIpc) is 3.21. The Bertz CT molecular complexity index is 739. The first-order chi connectivity index (χ1) is 12.1.